The minimum atomic E-state index is -1.28. The number of carboxylic acids is 1. The van der Waals surface area contributed by atoms with Crippen molar-refractivity contribution >= 4 is 16.7 Å². The quantitative estimate of drug-likeness (QED) is 0.769. The zero-order chi connectivity index (χ0) is 14.1. The van der Waals surface area contributed by atoms with E-state index in [1.54, 1.807) is 18.5 Å². The Morgan fingerprint density at radius 2 is 1.90 bits per heavy atom. The zero-order valence-electron chi connectivity index (χ0n) is 10.4. The Kier molecular flexibility index (Phi) is 2.91. The molecule has 0 aliphatic carbocycles. The molecule has 0 bridgehead atoms. The normalized spacial score (nSPS) is 10.7. The third kappa shape index (κ3) is 2.01. The summed E-state index contributed by atoms with van der Waals surface area (Å²) >= 11 is 0. The standard InChI is InChI=1S/C16H10FNO2/c17-15-6-5-10(7-13(15)16(19)20)14-9-18-8-11-3-1-2-4-12(11)14/h1-9H,(H,19,20). The first kappa shape index (κ1) is 12.3. The van der Waals surface area contributed by atoms with Crippen molar-refractivity contribution in [1.29, 1.82) is 0 Å². The topological polar surface area (TPSA) is 50.2 Å². The molecule has 0 atom stereocenters. The monoisotopic (exact) mass is 267 g/mol. The van der Waals surface area contributed by atoms with Crippen LogP contribution in [0.5, 0.6) is 0 Å². The highest BCUT2D eigenvalue weighted by molar-refractivity contribution is 5.97. The minimum Gasteiger partial charge on any atom is -0.478 e. The van der Waals surface area contributed by atoms with Crippen LogP contribution in [-0.4, -0.2) is 16.1 Å². The number of rotatable bonds is 2. The van der Waals surface area contributed by atoms with E-state index in [4.69, 9.17) is 5.11 Å². The lowest BCUT2D eigenvalue weighted by Gasteiger charge is -2.07. The summed E-state index contributed by atoms with van der Waals surface area (Å²) in [6.07, 6.45) is 3.39. The van der Waals surface area contributed by atoms with E-state index >= 15 is 0 Å². The molecule has 0 saturated carbocycles. The number of pyridine rings is 1. The highest BCUT2D eigenvalue weighted by Gasteiger charge is 2.12. The number of fused-ring (bicyclic) bond motifs is 1. The SMILES string of the molecule is O=C(O)c1cc(-c2cncc3ccccc23)ccc1F. The second-order valence-electron chi connectivity index (χ2n) is 4.41. The van der Waals surface area contributed by atoms with Crippen molar-refractivity contribution in [3.63, 3.8) is 0 Å². The maximum Gasteiger partial charge on any atom is 0.338 e. The van der Waals surface area contributed by atoms with Gasteiger partial charge in [-0.1, -0.05) is 30.3 Å². The molecule has 98 valence electrons. The van der Waals surface area contributed by atoms with Gasteiger partial charge in [0.2, 0.25) is 0 Å². The summed E-state index contributed by atoms with van der Waals surface area (Å²) in [7, 11) is 0. The lowest BCUT2D eigenvalue weighted by molar-refractivity contribution is 0.0692. The van der Waals surface area contributed by atoms with Gasteiger partial charge in [0.25, 0.3) is 0 Å². The van der Waals surface area contributed by atoms with Crippen molar-refractivity contribution in [1.82, 2.24) is 4.98 Å². The average Bonchev–Trinajstić information content (AvgIpc) is 2.47. The summed E-state index contributed by atoms with van der Waals surface area (Å²) in [6, 6.07) is 11.7. The smallest absolute Gasteiger partial charge is 0.338 e. The molecule has 0 fully saturated rings. The third-order valence-electron chi connectivity index (χ3n) is 3.18. The molecule has 0 amide bonds. The lowest BCUT2D eigenvalue weighted by atomic mass is 9.99. The first-order chi connectivity index (χ1) is 9.66. The number of hydrogen-bond acceptors (Lipinski definition) is 2. The molecule has 1 heterocycles. The third-order valence-corrected chi connectivity index (χ3v) is 3.18. The highest BCUT2D eigenvalue weighted by Crippen LogP contribution is 2.28. The Bertz CT molecular complexity index is 809. The van der Waals surface area contributed by atoms with Gasteiger partial charge in [-0.3, -0.25) is 4.98 Å². The molecule has 0 radical (unpaired) electrons. The van der Waals surface area contributed by atoms with Gasteiger partial charge in [-0.15, -0.1) is 0 Å². The van der Waals surface area contributed by atoms with E-state index in [-0.39, 0.29) is 5.56 Å². The van der Waals surface area contributed by atoms with Gasteiger partial charge >= 0.3 is 5.97 Å². The van der Waals surface area contributed by atoms with Gasteiger partial charge < -0.3 is 5.11 Å². The van der Waals surface area contributed by atoms with E-state index in [1.807, 2.05) is 24.3 Å². The summed E-state index contributed by atoms with van der Waals surface area (Å²) in [5.74, 6) is -2.02. The number of carboxylic acid groups (broad SMARTS) is 1. The molecule has 0 aliphatic rings. The van der Waals surface area contributed by atoms with Crippen molar-refractivity contribution in [3.05, 3.63) is 66.2 Å². The summed E-state index contributed by atoms with van der Waals surface area (Å²) in [5, 5.41) is 10.9. The summed E-state index contributed by atoms with van der Waals surface area (Å²) in [4.78, 5) is 15.2. The summed E-state index contributed by atoms with van der Waals surface area (Å²) in [6.45, 7) is 0. The maximum absolute atomic E-state index is 13.5. The van der Waals surface area contributed by atoms with Crippen LogP contribution in [0.2, 0.25) is 0 Å². The van der Waals surface area contributed by atoms with Gasteiger partial charge in [0.1, 0.15) is 5.82 Å². The minimum absolute atomic E-state index is 0.338. The molecule has 0 saturated heterocycles. The first-order valence-corrected chi connectivity index (χ1v) is 6.03. The number of nitrogens with zero attached hydrogens (tertiary/aromatic N) is 1. The molecule has 1 aromatic heterocycles. The number of hydrogen-bond donors (Lipinski definition) is 1. The van der Waals surface area contributed by atoms with Gasteiger partial charge in [0.05, 0.1) is 5.56 Å². The van der Waals surface area contributed by atoms with Crippen molar-refractivity contribution in [3.8, 4) is 11.1 Å². The van der Waals surface area contributed by atoms with Crippen LogP contribution in [0.1, 0.15) is 10.4 Å². The Morgan fingerprint density at radius 1 is 1.10 bits per heavy atom. The number of aromatic nitrogens is 1. The van der Waals surface area contributed by atoms with Crippen molar-refractivity contribution in [2.24, 2.45) is 0 Å². The average molecular weight is 267 g/mol. The molecule has 0 unspecified atom stereocenters. The molecule has 0 aliphatic heterocycles. The summed E-state index contributed by atoms with van der Waals surface area (Å²) < 4.78 is 13.5. The van der Waals surface area contributed by atoms with E-state index in [0.717, 1.165) is 16.3 Å². The van der Waals surface area contributed by atoms with Crippen molar-refractivity contribution in [2.75, 3.05) is 0 Å². The molecule has 1 N–H and O–H groups in total. The largest absolute Gasteiger partial charge is 0.478 e. The van der Waals surface area contributed by atoms with E-state index in [2.05, 4.69) is 4.98 Å². The maximum atomic E-state index is 13.5. The number of aromatic carboxylic acids is 1. The zero-order valence-corrected chi connectivity index (χ0v) is 10.4. The fraction of sp³-hybridized carbons (Fsp3) is 0. The van der Waals surface area contributed by atoms with E-state index in [9.17, 15) is 9.18 Å². The molecule has 3 rings (SSSR count). The molecule has 2 aromatic carbocycles. The first-order valence-electron chi connectivity index (χ1n) is 6.03. The fourth-order valence-electron chi connectivity index (χ4n) is 2.20. The number of carbonyl (C=O) groups is 1. The van der Waals surface area contributed by atoms with Gasteiger partial charge in [-0.2, -0.15) is 0 Å². The second-order valence-corrected chi connectivity index (χ2v) is 4.41. The van der Waals surface area contributed by atoms with Gasteiger partial charge in [0.15, 0.2) is 0 Å². The van der Waals surface area contributed by atoms with Crippen molar-refractivity contribution in [2.45, 2.75) is 0 Å². The molecule has 3 aromatic rings. The van der Waals surface area contributed by atoms with Crippen LogP contribution in [0, 0.1) is 5.82 Å². The number of halogens is 1. The Labute approximate surface area is 114 Å². The lowest BCUT2D eigenvalue weighted by Crippen LogP contribution is -2.00. The van der Waals surface area contributed by atoms with E-state index in [1.165, 1.54) is 12.1 Å². The molecular formula is C16H10FNO2. The van der Waals surface area contributed by atoms with Crippen LogP contribution in [0.15, 0.2) is 54.9 Å². The second kappa shape index (κ2) is 4.74. The number of benzene rings is 2. The Hall–Kier alpha value is -2.75. The van der Waals surface area contributed by atoms with Gasteiger partial charge in [-0.05, 0) is 23.1 Å². The van der Waals surface area contributed by atoms with E-state index in [0.29, 0.717) is 5.56 Å². The molecular weight excluding hydrogens is 257 g/mol. The van der Waals surface area contributed by atoms with Gasteiger partial charge in [-0.25, -0.2) is 9.18 Å². The van der Waals surface area contributed by atoms with Crippen LogP contribution in [0.3, 0.4) is 0 Å². The molecule has 20 heavy (non-hydrogen) atoms. The fourth-order valence-corrected chi connectivity index (χ4v) is 2.20. The van der Waals surface area contributed by atoms with Crippen LogP contribution in [0.4, 0.5) is 4.39 Å². The van der Waals surface area contributed by atoms with Crippen LogP contribution >= 0.6 is 0 Å². The van der Waals surface area contributed by atoms with Crippen LogP contribution in [0.25, 0.3) is 21.9 Å². The molecule has 3 nitrogen and oxygen atoms in total. The summed E-state index contributed by atoms with van der Waals surface area (Å²) in [5.41, 5.74) is 1.08. The van der Waals surface area contributed by atoms with Crippen molar-refractivity contribution < 1.29 is 14.3 Å². The predicted molar refractivity (Wildman–Crippen MR) is 74.1 cm³/mol. The molecule has 4 heteroatoms. The predicted octanol–water partition coefficient (Wildman–Crippen LogP) is 3.74. The highest BCUT2D eigenvalue weighted by atomic mass is 19.1. The van der Waals surface area contributed by atoms with Crippen LogP contribution < -0.4 is 0 Å². The Morgan fingerprint density at radius 3 is 2.70 bits per heavy atom. The van der Waals surface area contributed by atoms with E-state index < -0.39 is 11.8 Å². The van der Waals surface area contributed by atoms with Gasteiger partial charge in [0, 0.05) is 23.3 Å². The van der Waals surface area contributed by atoms with Crippen LogP contribution in [-0.2, 0) is 0 Å². The molecule has 0 spiro atoms. The Balaban J connectivity index is 2.26.